The molecule has 2 heterocycles. The average molecular weight is 462 g/mol. The Morgan fingerprint density at radius 1 is 1.09 bits per heavy atom. The van der Waals surface area contributed by atoms with Gasteiger partial charge in [-0.1, -0.05) is 24.3 Å². The van der Waals surface area contributed by atoms with E-state index in [1.165, 1.54) is 11.1 Å². The number of benzene rings is 2. The van der Waals surface area contributed by atoms with Crippen molar-refractivity contribution in [2.45, 2.75) is 13.0 Å². The number of piperazine rings is 1. The van der Waals surface area contributed by atoms with Gasteiger partial charge in [-0.25, -0.2) is 4.98 Å². The van der Waals surface area contributed by atoms with Crippen LogP contribution in [0.2, 0.25) is 0 Å². The lowest BCUT2D eigenvalue weighted by Crippen LogP contribution is -2.55. The molecule has 1 aliphatic heterocycles. The van der Waals surface area contributed by atoms with Gasteiger partial charge in [0.1, 0.15) is 11.9 Å². The number of rotatable bonds is 4. The smallest absolute Gasteiger partial charge is 0.228 e. The SMILES string of the molecule is COc1cc2nc(N3CCNCC3C(C)=O)nc(N)c2cc1OC.Cl.O.c1cc2ccc1-2. The number of nitrogens with zero attached hydrogens (tertiary/aromatic N) is 3. The minimum absolute atomic E-state index is 0. The van der Waals surface area contributed by atoms with Crippen LogP contribution in [0.1, 0.15) is 6.92 Å². The summed E-state index contributed by atoms with van der Waals surface area (Å²) in [6, 6.07) is 11.7. The third kappa shape index (κ3) is 4.69. The van der Waals surface area contributed by atoms with E-state index in [9.17, 15) is 4.79 Å². The van der Waals surface area contributed by atoms with E-state index in [2.05, 4.69) is 39.6 Å². The van der Waals surface area contributed by atoms with Crippen LogP contribution in [0.4, 0.5) is 11.8 Å². The number of anilines is 2. The first-order chi connectivity index (χ1) is 14.5. The number of fused-ring (bicyclic) bond motifs is 2. The maximum absolute atomic E-state index is 11.9. The van der Waals surface area contributed by atoms with Gasteiger partial charge in [-0.15, -0.1) is 12.4 Å². The molecule has 0 amide bonds. The largest absolute Gasteiger partial charge is 0.493 e. The highest BCUT2D eigenvalue weighted by molar-refractivity contribution is 5.92. The number of carbonyl (C=O) groups is 1. The van der Waals surface area contributed by atoms with Gasteiger partial charge in [-0.3, -0.25) is 4.79 Å². The molecule has 32 heavy (non-hydrogen) atoms. The average Bonchev–Trinajstić information content (AvgIpc) is 2.75. The van der Waals surface area contributed by atoms with Gasteiger partial charge in [0.25, 0.3) is 0 Å². The molecule has 1 aromatic heterocycles. The van der Waals surface area contributed by atoms with Crippen molar-refractivity contribution in [3.05, 3.63) is 36.4 Å². The summed E-state index contributed by atoms with van der Waals surface area (Å²) >= 11 is 0. The summed E-state index contributed by atoms with van der Waals surface area (Å²) in [5.74, 6) is 2.00. The molecule has 1 fully saturated rings. The van der Waals surface area contributed by atoms with Crippen LogP contribution in [-0.4, -0.2) is 61.1 Å². The predicted molar refractivity (Wildman–Crippen MR) is 128 cm³/mol. The van der Waals surface area contributed by atoms with Gasteiger partial charge in [0.05, 0.1) is 19.7 Å². The second-order valence-corrected chi connectivity index (χ2v) is 7.23. The molecule has 1 unspecified atom stereocenters. The number of nitrogen functional groups attached to an aromatic ring is 1. The van der Waals surface area contributed by atoms with Crippen molar-refractivity contribution in [3.8, 4) is 22.6 Å². The fourth-order valence-corrected chi connectivity index (χ4v) is 3.56. The quantitative estimate of drug-likeness (QED) is 0.470. The number of hydrogen-bond donors (Lipinski definition) is 2. The van der Waals surface area contributed by atoms with Crippen LogP contribution in [0, 0.1) is 0 Å². The van der Waals surface area contributed by atoms with Gasteiger partial charge in [-0.05, 0) is 24.1 Å². The molecular formula is C22H28ClN5O4. The van der Waals surface area contributed by atoms with Gasteiger partial charge in [0.2, 0.25) is 5.95 Å². The van der Waals surface area contributed by atoms with E-state index in [1.807, 2.05) is 4.90 Å². The first kappa shape index (κ1) is 25.1. The first-order valence-corrected chi connectivity index (χ1v) is 9.79. The zero-order chi connectivity index (χ0) is 21.3. The van der Waals surface area contributed by atoms with Crippen LogP contribution in [0.15, 0.2) is 36.4 Å². The summed E-state index contributed by atoms with van der Waals surface area (Å²) in [5.41, 5.74) is 9.63. The van der Waals surface area contributed by atoms with Crippen LogP contribution in [-0.2, 0) is 4.79 Å². The Balaban J connectivity index is 0.000000387. The molecule has 0 spiro atoms. The van der Waals surface area contributed by atoms with Crippen LogP contribution >= 0.6 is 12.4 Å². The van der Waals surface area contributed by atoms with Crippen molar-refractivity contribution in [1.29, 1.82) is 0 Å². The van der Waals surface area contributed by atoms with Crippen molar-refractivity contribution < 1.29 is 19.7 Å². The molecule has 9 nitrogen and oxygen atoms in total. The summed E-state index contributed by atoms with van der Waals surface area (Å²) in [7, 11) is 3.13. The Kier molecular flexibility index (Phi) is 8.20. The van der Waals surface area contributed by atoms with E-state index in [1.54, 1.807) is 33.3 Å². The van der Waals surface area contributed by atoms with Crippen molar-refractivity contribution in [1.82, 2.24) is 15.3 Å². The molecule has 3 aliphatic rings. The molecule has 0 saturated carbocycles. The van der Waals surface area contributed by atoms with Crippen LogP contribution in [0.25, 0.3) is 22.0 Å². The Hall–Kier alpha value is -3.14. The van der Waals surface area contributed by atoms with E-state index in [-0.39, 0.29) is 29.7 Å². The number of Topliss-reactive ketones (excluding diaryl/α,β-unsaturated/α-hetero) is 1. The molecule has 1 saturated heterocycles. The maximum Gasteiger partial charge on any atom is 0.228 e. The van der Waals surface area contributed by atoms with Crippen LogP contribution < -0.4 is 25.4 Å². The molecule has 0 bridgehead atoms. The van der Waals surface area contributed by atoms with Crippen molar-refractivity contribution in [2.75, 3.05) is 44.5 Å². The first-order valence-electron chi connectivity index (χ1n) is 9.79. The molecule has 10 heteroatoms. The second-order valence-electron chi connectivity index (χ2n) is 7.23. The molecule has 0 radical (unpaired) electrons. The zero-order valence-electron chi connectivity index (χ0n) is 18.2. The Labute approximate surface area is 192 Å². The van der Waals surface area contributed by atoms with Gasteiger partial charge in [0, 0.05) is 31.1 Å². The standard InChI is InChI=1S/C16H21N5O3.C6H4.ClH.H2O/c1-9(22)12-8-18-4-5-21(12)16-19-11-7-14(24-3)13(23-2)6-10(11)15(17)20-16;1-2-6-4-3-5(1)6;;/h6-7,12,18H,4-5,8H2,1-3H3,(H2,17,19,20);1-4H;1H;1H2. The fraction of sp³-hybridized carbons (Fsp3) is 0.318. The van der Waals surface area contributed by atoms with E-state index in [0.29, 0.717) is 47.3 Å². The number of methoxy groups -OCH3 is 2. The second kappa shape index (κ2) is 10.4. The number of ketones is 1. The third-order valence-electron chi connectivity index (χ3n) is 5.41. The highest BCUT2D eigenvalue weighted by Gasteiger charge is 2.28. The molecule has 2 aromatic rings. The van der Waals surface area contributed by atoms with E-state index in [0.717, 1.165) is 6.54 Å². The fourth-order valence-electron chi connectivity index (χ4n) is 3.56. The van der Waals surface area contributed by atoms with Crippen molar-refractivity contribution in [3.63, 3.8) is 0 Å². The minimum Gasteiger partial charge on any atom is -0.493 e. The highest BCUT2D eigenvalue weighted by atomic mass is 35.5. The number of aromatic nitrogens is 2. The number of ether oxygens (including phenoxy) is 2. The van der Waals surface area contributed by atoms with Crippen molar-refractivity contribution in [2.24, 2.45) is 0 Å². The number of carbonyl (C=O) groups excluding carboxylic acids is 1. The summed E-state index contributed by atoms with van der Waals surface area (Å²) in [6.07, 6.45) is 0. The molecule has 1 aromatic carbocycles. The summed E-state index contributed by atoms with van der Waals surface area (Å²) in [5, 5.41) is 3.90. The van der Waals surface area contributed by atoms with E-state index in [4.69, 9.17) is 15.2 Å². The lowest BCUT2D eigenvalue weighted by Gasteiger charge is -2.34. The third-order valence-corrected chi connectivity index (χ3v) is 5.41. The van der Waals surface area contributed by atoms with Gasteiger partial charge in [-0.2, -0.15) is 4.98 Å². The van der Waals surface area contributed by atoms with E-state index >= 15 is 0 Å². The van der Waals surface area contributed by atoms with Crippen LogP contribution in [0.5, 0.6) is 11.5 Å². The van der Waals surface area contributed by atoms with Crippen LogP contribution in [0.3, 0.4) is 0 Å². The monoisotopic (exact) mass is 461 g/mol. The van der Waals surface area contributed by atoms with Crippen molar-refractivity contribution >= 4 is 40.9 Å². The summed E-state index contributed by atoms with van der Waals surface area (Å²) < 4.78 is 10.6. The lowest BCUT2D eigenvalue weighted by molar-refractivity contribution is -0.118. The molecule has 172 valence electrons. The molecule has 2 aliphatic carbocycles. The van der Waals surface area contributed by atoms with Gasteiger partial charge >= 0.3 is 0 Å². The Bertz CT molecular complexity index is 1070. The Morgan fingerprint density at radius 2 is 1.69 bits per heavy atom. The highest BCUT2D eigenvalue weighted by Crippen LogP contribution is 2.34. The number of halogens is 1. The number of hydrogen-bond acceptors (Lipinski definition) is 8. The Morgan fingerprint density at radius 3 is 2.19 bits per heavy atom. The zero-order valence-corrected chi connectivity index (χ0v) is 19.0. The number of nitrogens with two attached hydrogens (primary N) is 1. The number of nitrogens with one attached hydrogen (secondary N) is 1. The van der Waals surface area contributed by atoms with Gasteiger partial charge < -0.3 is 30.9 Å². The topological polar surface area (TPSA) is 134 Å². The predicted octanol–water partition coefficient (Wildman–Crippen LogP) is 1.86. The molecule has 5 N–H and O–H groups in total. The van der Waals surface area contributed by atoms with Gasteiger partial charge in [0.15, 0.2) is 17.3 Å². The molecular weight excluding hydrogens is 434 g/mol. The van der Waals surface area contributed by atoms with E-state index < -0.39 is 0 Å². The molecule has 1 atom stereocenters. The minimum atomic E-state index is -0.296. The summed E-state index contributed by atoms with van der Waals surface area (Å²) in [6.45, 7) is 3.55. The summed E-state index contributed by atoms with van der Waals surface area (Å²) in [4.78, 5) is 22.8. The normalized spacial score (nSPS) is 15.5. The molecule has 5 rings (SSSR count). The maximum atomic E-state index is 11.9. The lowest BCUT2D eigenvalue weighted by atomic mass is 9.95.